The van der Waals surface area contributed by atoms with E-state index >= 15 is 0 Å². The molecule has 1 heterocycles. The van der Waals surface area contributed by atoms with Crippen LogP contribution in [0.25, 0.3) is 0 Å². The first-order chi connectivity index (χ1) is 9.79. The molecular weight excluding hydrogens is 248 g/mol. The van der Waals surface area contributed by atoms with Crippen LogP contribution >= 0.6 is 0 Å². The number of nitrogens with zero attached hydrogens (tertiary/aromatic N) is 1. The molecule has 20 heavy (non-hydrogen) atoms. The van der Waals surface area contributed by atoms with Gasteiger partial charge in [-0.2, -0.15) is 0 Å². The molecule has 1 atom stereocenters. The molecule has 2 aromatic rings. The number of likely N-dealkylation sites (N-methyl/N-ethyl adjacent to an activating group) is 1. The number of para-hydroxylation sites is 1. The normalized spacial score (nSPS) is 18.9. The van der Waals surface area contributed by atoms with Crippen molar-refractivity contribution in [3.63, 3.8) is 0 Å². The molecule has 1 fully saturated rings. The number of benzene rings is 2. The van der Waals surface area contributed by atoms with E-state index in [4.69, 9.17) is 4.74 Å². The van der Waals surface area contributed by atoms with E-state index in [-0.39, 0.29) is 0 Å². The number of likely N-dealkylation sites (tertiary alicyclic amines) is 1. The van der Waals surface area contributed by atoms with E-state index in [0.717, 1.165) is 23.7 Å². The molecule has 0 amide bonds. The highest BCUT2D eigenvalue weighted by molar-refractivity contribution is 5.48. The van der Waals surface area contributed by atoms with Gasteiger partial charge in [0.15, 0.2) is 0 Å². The maximum atomic E-state index is 5.78. The van der Waals surface area contributed by atoms with Gasteiger partial charge in [-0.25, -0.2) is 0 Å². The first-order valence-electron chi connectivity index (χ1n) is 7.08. The molecule has 0 bridgehead atoms. The van der Waals surface area contributed by atoms with Crippen molar-refractivity contribution < 1.29 is 4.74 Å². The Morgan fingerprint density at radius 3 is 2.35 bits per heavy atom. The molecule has 1 aliphatic heterocycles. The molecule has 1 unspecified atom stereocenters. The van der Waals surface area contributed by atoms with Crippen LogP contribution in [0.3, 0.4) is 0 Å². The van der Waals surface area contributed by atoms with Crippen molar-refractivity contribution in [3.8, 4) is 11.5 Å². The molecule has 1 aliphatic rings. The number of hydrogen-bond acceptors (Lipinski definition) is 3. The summed E-state index contributed by atoms with van der Waals surface area (Å²) in [7, 11) is 2.17. The van der Waals surface area contributed by atoms with E-state index < -0.39 is 0 Å². The highest BCUT2D eigenvalue weighted by Crippen LogP contribution is 2.23. The molecule has 1 saturated heterocycles. The third-order valence-electron chi connectivity index (χ3n) is 3.60. The van der Waals surface area contributed by atoms with E-state index in [0.29, 0.717) is 6.04 Å². The summed E-state index contributed by atoms with van der Waals surface area (Å²) in [5.74, 6) is 1.73. The second kappa shape index (κ2) is 5.97. The smallest absolute Gasteiger partial charge is 0.127 e. The van der Waals surface area contributed by atoms with Gasteiger partial charge in [0.2, 0.25) is 0 Å². The number of nitrogens with one attached hydrogen (secondary N) is 1. The molecule has 3 heteroatoms. The van der Waals surface area contributed by atoms with Crippen LogP contribution in [-0.2, 0) is 0 Å². The van der Waals surface area contributed by atoms with Gasteiger partial charge >= 0.3 is 0 Å². The van der Waals surface area contributed by atoms with Gasteiger partial charge in [0.25, 0.3) is 0 Å². The SMILES string of the molecule is CN1CCC(Nc2ccc(Oc3ccccc3)cc2)C1. The quantitative estimate of drug-likeness (QED) is 0.917. The van der Waals surface area contributed by atoms with Crippen LogP contribution in [0.1, 0.15) is 6.42 Å². The lowest BCUT2D eigenvalue weighted by Gasteiger charge is -2.14. The van der Waals surface area contributed by atoms with Crippen LogP contribution < -0.4 is 10.1 Å². The molecule has 2 aromatic carbocycles. The molecule has 1 N–H and O–H groups in total. The third-order valence-corrected chi connectivity index (χ3v) is 3.60. The van der Waals surface area contributed by atoms with Crippen molar-refractivity contribution >= 4 is 5.69 Å². The summed E-state index contributed by atoms with van der Waals surface area (Å²) in [6.07, 6.45) is 1.21. The Kier molecular flexibility index (Phi) is 3.88. The zero-order chi connectivity index (χ0) is 13.8. The number of hydrogen-bond donors (Lipinski definition) is 1. The zero-order valence-corrected chi connectivity index (χ0v) is 11.8. The Morgan fingerprint density at radius 1 is 1.00 bits per heavy atom. The summed E-state index contributed by atoms with van der Waals surface area (Å²) in [6, 6.07) is 18.6. The number of anilines is 1. The Morgan fingerprint density at radius 2 is 1.70 bits per heavy atom. The molecule has 3 nitrogen and oxygen atoms in total. The van der Waals surface area contributed by atoms with Crippen molar-refractivity contribution in [2.75, 3.05) is 25.5 Å². The highest BCUT2D eigenvalue weighted by atomic mass is 16.5. The fraction of sp³-hybridized carbons (Fsp3) is 0.294. The van der Waals surface area contributed by atoms with Gasteiger partial charge in [0.1, 0.15) is 11.5 Å². The zero-order valence-electron chi connectivity index (χ0n) is 11.8. The van der Waals surface area contributed by atoms with Crippen molar-refractivity contribution in [3.05, 3.63) is 54.6 Å². The number of ether oxygens (including phenoxy) is 1. The van der Waals surface area contributed by atoms with Gasteiger partial charge in [-0.05, 0) is 56.4 Å². The van der Waals surface area contributed by atoms with Gasteiger partial charge in [-0.15, -0.1) is 0 Å². The van der Waals surface area contributed by atoms with Crippen molar-refractivity contribution in [1.82, 2.24) is 4.90 Å². The first kappa shape index (κ1) is 13.0. The lowest BCUT2D eigenvalue weighted by molar-refractivity contribution is 0.414. The van der Waals surface area contributed by atoms with Crippen molar-refractivity contribution in [1.29, 1.82) is 0 Å². The molecular formula is C17H20N2O. The van der Waals surface area contributed by atoms with Gasteiger partial charge in [0, 0.05) is 18.3 Å². The van der Waals surface area contributed by atoms with E-state index in [2.05, 4.69) is 29.4 Å². The standard InChI is InChI=1S/C17H20N2O/c1-19-12-11-15(13-19)18-14-7-9-17(10-8-14)20-16-5-3-2-4-6-16/h2-10,15,18H,11-13H2,1H3. The molecule has 0 aliphatic carbocycles. The maximum absolute atomic E-state index is 5.78. The lowest BCUT2D eigenvalue weighted by Crippen LogP contribution is -2.23. The Bertz CT molecular complexity index is 539. The maximum Gasteiger partial charge on any atom is 0.127 e. The van der Waals surface area contributed by atoms with E-state index in [1.54, 1.807) is 0 Å². The summed E-state index contributed by atoms with van der Waals surface area (Å²) < 4.78 is 5.78. The van der Waals surface area contributed by atoms with Gasteiger partial charge < -0.3 is 15.0 Å². The third kappa shape index (κ3) is 3.31. The van der Waals surface area contributed by atoms with Crippen LogP contribution in [0.2, 0.25) is 0 Å². The second-order valence-electron chi connectivity index (χ2n) is 5.33. The summed E-state index contributed by atoms with van der Waals surface area (Å²) in [4.78, 5) is 2.35. The summed E-state index contributed by atoms with van der Waals surface area (Å²) in [6.45, 7) is 2.29. The van der Waals surface area contributed by atoms with Gasteiger partial charge in [-0.3, -0.25) is 0 Å². The molecule has 0 radical (unpaired) electrons. The van der Waals surface area contributed by atoms with Crippen LogP contribution in [0.4, 0.5) is 5.69 Å². The number of rotatable bonds is 4. The monoisotopic (exact) mass is 268 g/mol. The van der Waals surface area contributed by atoms with E-state index in [9.17, 15) is 0 Å². The highest BCUT2D eigenvalue weighted by Gasteiger charge is 2.18. The Hall–Kier alpha value is -2.00. The molecule has 0 aromatic heterocycles. The van der Waals surface area contributed by atoms with Gasteiger partial charge in [0.05, 0.1) is 0 Å². The van der Waals surface area contributed by atoms with Crippen LogP contribution in [-0.4, -0.2) is 31.1 Å². The topological polar surface area (TPSA) is 24.5 Å². The predicted octanol–water partition coefficient (Wildman–Crippen LogP) is 3.59. The minimum Gasteiger partial charge on any atom is -0.457 e. The average Bonchev–Trinajstić information content (AvgIpc) is 2.88. The summed E-state index contributed by atoms with van der Waals surface area (Å²) in [5, 5.41) is 3.57. The summed E-state index contributed by atoms with van der Waals surface area (Å²) >= 11 is 0. The van der Waals surface area contributed by atoms with Crippen molar-refractivity contribution in [2.24, 2.45) is 0 Å². The van der Waals surface area contributed by atoms with Gasteiger partial charge in [-0.1, -0.05) is 18.2 Å². The van der Waals surface area contributed by atoms with E-state index in [1.165, 1.54) is 13.0 Å². The van der Waals surface area contributed by atoms with E-state index in [1.807, 2.05) is 42.5 Å². The Balaban J connectivity index is 1.60. The summed E-state index contributed by atoms with van der Waals surface area (Å²) in [5.41, 5.74) is 1.16. The minimum absolute atomic E-state index is 0.556. The van der Waals surface area contributed by atoms with Crippen molar-refractivity contribution in [2.45, 2.75) is 12.5 Å². The molecule has 3 rings (SSSR count). The fourth-order valence-corrected chi connectivity index (χ4v) is 2.53. The van der Waals surface area contributed by atoms with Crippen LogP contribution in [0.5, 0.6) is 11.5 Å². The second-order valence-corrected chi connectivity index (χ2v) is 5.33. The first-order valence-corrected chi connectivity index (χ1v) is 7.08. The molecule has 104 valence electrons. The van der Waals surface area contributed by atoms with Crippen LogP contribution in [0, 0.1) is 0 Å². The minimum atomic E-state index is 0.556. The van der Waals surface area contributed by atoms with Crippen LogP contribution in [0.15, 0.2) is 54.6 Å². The molecule has 0 saturated carbocycles. The average molecular weight is 268 g/mol. The fourth-order valence-electron chi connectivity index (χ4n) is 2.53. The predicted molar refractivity (Wildman–Crippen MR) is 82.5 cm³/mol. The lowest BCUT2D eigenvalue weighted by atomic mass is 10.2. The largest absolute Gasteiger partial charge is 0.457 e. The molecule has 0 spiro atoms. The Labute approximate surface area is 120 Å².